The summed E-state index contributed by atoms with van der Waals surface area (Å²) in [7, 11) is 0. The van der Waals surface area contributed by atoms with Gasteiger partial charge in [0.15, 0.2) is 0 Å². The van der Waals surface area contributed by atoms with E-state index in [2.05, 4.69) is 33.8 Å². The molecule has 3 nitrogen and oxygen atoms in total. The van der Waals surface area contributed by atoms with Crippen LogP contribution in [0.25, 0.3) is 11.4 Å². The van der Waals surface area contributed by atoms with E-state index in [0.29, 0.717) is 0 Å². The van der Waals surface area contributed by atoms with Gasteiger partial charge in [-0.2, -0.15) is 0 Å². The van der Waals surface area contributed by atoms with Crippen LogP contribution in [-0.4, -0.2) is 9.55 Å². The summed E-state index contributed by atoms with van der Waals surface area (Å²) in [5.74, 6) is 0.987. The first-order chi connectivity index (χ1) is 9.83. The highest BCUT2D eigenvalue weighted by atomic mass is 15.1. The molecule has 0 saturated heterocycles. The Bertz CT molecular complexity index is 669. The summed E-state index contributed by atoms with van der Waals surface area (Å²) >= 11 is 0. The Morgan fingerprint density at radius 1 is 0.950 bits per heavy atom. The third-order valence-corrected chi connectivity index (χ3v) is 3.37. The monoisotopic (exact) mass is 263 g/mol. The lowest BCUT2D eigenvalue weighted by Crippen LogP contribution is -2.02. The predicted octanol–water partition coefficient (Wildman–Crippen LogP) is 3.38. The Hall–Kier alpha value is -2.55. The lowest BCUT2D eigenvalue weighted by Gasteiger charge is -2.08. The molecule has 0 aliphatic heterocycles. The van der Waals surface area contributed by atoms with Crippen LogP contribution in [0.4, 0.5) is 5.69 Å². The third kappa shape index (κ3) is 2.72. The maximum atomic E-state index is 5.73. The number of hydrogen-bond acceptors (Lipinski definition) is 2. The summed E-state index contributed by atoms with van der Waals surface area (Å²) in [5.41, 5.74) is 8.93. The molecule has 0 saturated carbocycles. The molecule has 1 heterocycles. The van der Waals surface area contributed by atoms with Gasteiger partial charge in [0.05, 0.1) is 0 Å². The van der Waals surface area contributed by atoms with Crippen LogP contribution in [0, 0.1) is 0 Å². The zero-order valence-corrected chi connectivity index (χ0v) is 11.2. The third-order valence-electron chi connectivity index (χ3n) is 3.37. The summed E-state index contributed by atoms with van der Waals surface area (Å²) in [5, 5.41) is 0. The first-order valence-electron chi connectivity index (χ1n) is 6.74. The number of benzene rings is 2. The molecule has 0 amide bonds. The van der Waals surface area contributed by atoms with Gasteiger partial charge in [0.1, 0.15) is 5.82 Å². The maximum absolute atomic E-state index is 5.73. The highest BCUT2D eigenvalue weighted by molar-refractivity contribution is 5.59. The highest BCUT2D eigenvalue weighted by Crippen LogP contribution is 2.19. The number of rotatable bonds is 4. The molecule has 20 heavy (non-hydrogen) atoms. The molecule has 3 heteroatoms. The summed E-state index contributed by atoms with van der Waals surface area (Å²) in [6, 6.07) is 18.3. The summed E-state index contributed by atoms with van der Waals surface area (Å²) in [6.07, 6.45) is 4.87. The van der Waals surface area contributed by atoms with Gasteiger partial charge in [-0.1, -0.05) is 30.3 Å². The van der Waals surface area contributed by atoms with Gasteiger partial charge in [-0.25, -0.2) is 4.98 Å². The molecule has 2 aromatic carbocycles. The minimum absolute atomic E-state index is 0.774. The number of nitrogen functional groups attached to an aromatic ring is 1. The smallest absolute Gasteiger partial charge is 0.139 e. The Labute approximate surface area is 118 Å². The zero-order chi connectivity index (χ0) is 13.8. The first kappa shape index (κ1) is 12.5. The largest absolute Gasteiger partial charge is 0.399 e. The molecule has 2 N–H and O–H groups in total. The molecule has 3 rings (SSSR count). The van der Waals surface area contributed by atoms with E-state index in [1.807, 2.05) is 42.7 Å². The quantitative estimate of drug-likeness (QED) is 0.733. The van der Waals surface area contributed by atoms with Gasteiger partial charge in [0, 0.05) is 30.2 Å². The van der Waals surface area contributed by atoms with Gasteiger partial charge in [0.2, 0.25) is 0 Å². The summed E-state index contributed by atoms with van der Waals surface area (Å²) in [6.45, 7) is 0.920. The van der Waals surface area contributed by atoms with Crippen molar-refractivity contribution >= 4 is 5.69 Å². The van der Waals surface area contributed by atoms with Crippen LogP contribution in [-0.2, 0) is 13.0 Å². The second-order valence-corrected chi connectivity index (χ2v) is 4.80. The van der Waals surface area contributed by atoms with Crippen LogP contribution >= 0.6 is 0 Å². The predicted molar refractivity (Wildman–Crippen MR) is 82.2 cm³/mol. The average molecular weight is 263 g/mol. The molecule has 1 aromatic heterocycles. The van der Waals surface area contributed by atoms with Crippen molar-refractivity contribution < 1.29 is 0 Å². The lowest BCUT2D eigenvalue weighted by atomic mass is 10.1. The number of imidazole rings is 1. The van der Waals surface area contributed by atoms with Crippen molar-refractivity contribution in [2.45, 2.75) is 13.0 Å². The molecule has 0 aliphatic carbocycles. The van der Waals surface area contributed by atoms with E-state index >= 15 is 0 Å². The number of hydrogen-bond donors (Lipinski definition) is 1. The minimum atomic E-state index is 0.774. The summed E-state index contributed by atoms with van der Waals surface area (Å²) in [4.78, 5) is 4.45. The van der Waals surface area contributed by atoms with Crippen LogP contribution in [0.3, 0.4) is 0 Å². The Kier molecular flexibility index (Phi) is 3.50. The standard InChI is InChI=1S/C17H17N3/c18-16-8-6-15(7-9-16)17-19-11-13-20(17)12-10-14-4-2-1-3-5-14/h1-9,11,13H,10,12,18H2. The molecule has 0 spiro atoms. The number of nitrogens with zero attached hydrogens (tertiary/aromatic N) is 2. The van der Waals surface area contributed by atoms with E-state index in [4.69, 9.17) is 5.73 Å². The van der Waals surface area contributed by atoms with Gasteiger partial charge >= 0.3 is 0 Å². The van der Waals surface area contributed by atoms with Gasteiger partial charge < -0.3 is 10.3 Å². The molecule has 0 fully saturated rings. The van der Waals surface area contributed by atoms with Crippen molar-refractivity contribution in [1.82, 2.24) is 9.55 Å². The molecule has 0 aliphatic rings. The fourth-order valence-corrected chi connectivity index (χ4v) is 2.28. The zero-order valence-electron chi connectivity index (χ0n) is 11.2. The van der Waals surface area contributed by atoms with E-state index in [1.165, 1.54) is 5.56 Å². The number of anilines is 1. The molecule has 0 atom stereocenters. The van der Waals surface area contributed by atoms with Crippen LogP contribution in [0.1, 0.15) is 5.56 Å². The average Bonchev–Trinajstić information content (AvgIpc) is 2.95. The van der Waals surface area contributed by atoms with E-state index in [9.17, 15) is 0 Å². The minimum Gasteiger partial charge on any atom is -0.399 e. The Morgan fingerprint density at radius 3 is 2.45 bits per heavy atom. The Balaban J connectivity index is 1.78. The van der Waals surface area contributed by atoms with Gasteiger partial charge in [-0.05, 0) is 36.2 Å². The SMILES string of the molecule is Nc1ccc(-c2nccn2CCc2ccccc2)cc1. The number of aryl methyl sites for hydroxylation is 2. The van der Waals surface area contributed by atoms with Crippen molar-refractivity contribution in [2.24, 2.45) is 0 Å². The summed E-state index contributed by atoms with van der Waals surface area (Å²) < 4.78 is 2.18. The second kappa shape index (κ2) is 5.61. The van der Waals surface area contributed by atoms with Gasteiger partial charge in [-0.15, -0.1) is 0 Å². The fraction of sp³-hybridized carbons (Fsp3) is 0.118. The topological polar surface area (TPSA) is 43.8 Å². The molecular weight excluding hydrogens is 246 g/mol. The van der Waals surface area contributed by atoms with E-state index in [-0.39, 0.29) is 0 Å². The lowest BCUT2D eigenvalue weighted by molar-refractivity contribution is 0.703. The van der Waals surface area contributed by atoms with Crippen LogP contribution in [0.5, 0.6) is 0 Å². The normalized spacial score (nSPS) is 10.6. The Morgan fingerprint density at radius 2 is 1.70 bits per heavy atom. The van der Waals surface area contributed by atoms with Crippen LogP contribution in [0.15, 0.2) is 67.0 Å². The van der Waals surface area contributed by atoms with Crippen molar-refractivity contribution in [1.29, 1.82) is 0 Å². The van der Waals surface area contributed by atoms with Gasteiger partial charge in [0.25, 0.3) is 0 Å². The molecule has 100 valence electrons. The van der Waals surface area contributed by atoms with Crippen molar-refractivity contribution in [3.63, 3.8) is 0 Å². The molecule has 0 radical (unpaired) electrons. The van der Waals surface area contributed by atoms with Gasteiger partial charge in [-0.3, -0.25) is 0 Å². The molecule has 0 bridgehead atoms. The van der Waals surface area contributed by atoms with E-state index in [1.54, 1.807) is 0 Å². The van der Waals surface area contributed by atoms with Crippen molar-refractivity contribution in [3.8, 4) is 11.4 Å². The number of nitrogens with two attached hydrogens (primary N) is 1. The molecular formula is C17H17N3. The number of aromatic nitrogens is 2. The highest BCUT2D eigenvalue weighted by Gasteiger charge is 2.05. The fourth-order valence-electron chi connectivity index (χ4n) is 2.28. The first-order valence-corrected chi connectivity index (χ1v) is 6.74. The van der Waals surface area contributed by atoms with Crippen molar-refractivity contribution in [3.05, 3.63) is 72.6 Å². The van der Waals surface area contributed by atoms with Crippen LogP contribution in [0.2, 0.25) is 0 Å². The van der Waals surface area contributed by atoms with Crippen molar-refractivity contribution in [2.75, 3.05) is 5.73 Å². The molecule has 0 unspecified atom stereocenters. The second-order valence-electron chi connectivity index (χ2n) is 4.80. The maximum Gasteiger partial charge on any atom is 0.139 e. The van der Waals surface area contributed by atoms with E-state index < -0.39 is 0 Å². The van der Waals surface area contributed by atoms with E-state index in [0.717, 1.165) is 30.0 Å². The van der Waals surface area contributed by atoms with Crippen LogP contribution < -0.4 is 5.73 Å². The molecule has 3 aromatic rings.